The Morgan fingerprint density at radius 3 is 1.52 bits per heavy atom. The highest BCUT2D eigenvalue weighted by Gasteiger charge is 2.06. The van der Waals surface area contributed by atoms with Gasteiger partial charge in [-0.3, -0.25) is 0 Å². The van der Waals surface area contributed by atoms with Crippen molar-refractivity contribution in [2.45, 2.75) is 13.8 Å². The standard InChI is InChI=1S/C18H19NSi2/c1-13-9-5-7-11-17(13)15(3)20-19-21-16(4)18-12-8-6-10-14(18)2/h5-12,19H,3-4H2,1-2H3. The Hall–Kier alpha value is -1.69. The number of aryl methyl sites for hydroxylation is 2. The van der Waals surface area contributed by atoms with Gasteiger partial charge in [0.15, 0.2) is 19.4 Å². The van der Waals surface area contributed by atoms with Crippen LogP contribution in [-0.2, 0) is 0 Å². The van der Waals surface area contributed by atoms with Gasteiger partial charge in [0.05, 0.1) is 0 Å². The lowest BCUT2D eigenvalue weighted by molar-refractivity contribution is 1.43. The summed E-state index contributed by atoms with van der Waals surface area (Å²) in [5.41, 5.74) is 5.04. The van der Waals surface area contributed by atoms with Crippen molar-refractivity contribution < 1.29 is 0 Å². The first kappa shape index (κ1) is 15.7. The Bertz CT molecular complexity index is 604. The smallest absolute Gasteiger partial charge is 0.172 e. The lowest BCUT2D eigenvalue weighted by Gasteiger charge is -2.11. The molecule has 3 heteroatoms. The maximum Gasteiger partial charge on any atom is 0.172 e. The van der Waals surface area contributed by atoms with E-state index >= 15 is 0 Å². The number of nitrogens with one attached hydrogen (secondary N) is 1. The van der Waals surface area contributed by atoms with Crippen LogP contribution >= 0.6 is 0 Å². The molecule has 0 aliphatic heterocycles. The quantitative estimate of drug-likeness (QED) is 0.801. The van der Waals surface area contributed by atoms with Gasteiger partial charge in [0.25, 0.3) is 0 Å². The fraction of sp³-hybridized carbons (Fsp3) is 0.111. The molecular formula is C18H19NSi2. The van der Waals surface area contributed by atoms with Crippen molar-refractivity contribution in [2.24, 2.45) is 0 Å². The molecule has 0 atom stereocenters. The fourth-order valence-corrected chi connectivity index (χ4v) is 4.43. The molecule has 0 amide bonds. The zero-order valence-electron chi connectivity index (χ0n) is 12.5. The van der Waals surface area contributed by atoms with E-state index in [2.05, 4.69) is 80.2 Å². The Kier molecular flexibility index (Phi) is 5.50. The summed E-state index contributed by atoms with van der Waals surface area (Å²) in [6, 6.07) is 16.8. The lowest BCUT2D eigenvalue weighted by Crippen LogP contribution is -2.26. The van der Waals surface area contributed by atoms with E-state index in [0.717, 1.165) is 10.4 Å². The molecule has 0 aliphatic carbocycles. The van der Waals surface area contributed by atoms with Gasteiger partial charge in [-0.2, -0.15) is 0 Å². The minimum absolute atomic E-state index is 0.521. The Labute approximate surface area is 132 Å². The van der Waals surface area contributed by atoms with Gasteiger partial charge in [-0.15, -0.1) is 0 Å². The summed E-state index contributed by atoms with van der Waals surface area (Å²) >= 11 is 0. The van der Waals surface area contributed by atoms with Gasteiger partial charge < -0.3 is 4.65 Å². The van der Waals surface area contributed by atoms with Crippen LogP contribution in [0.5, 0.6) is 0 Å². The molecular weight excluding hydrogens is 286 g/mol. The number of hydrogen-bond donors (Lipinski definition) is 1. The summed E-state index contributed by atoms with van der Waals surface area (Å²) in [4.78, 5) is 0. The van der Waals surface area contributed by atoms with Gasteiger partial charge >= 0.3 is 0 Å². The second kappa shape index (κ2) is 7.36. The van der Waals surface area contributed by atoms with E-state index in [1.54, 1.807) is 0 Å². The van der Waals surface area contributed by atoms with Crippen LogP contribution in [0.1, 0.15) is 22.3 Å². The fourth-order valence-electron chi connectivity index (χ4n) is 2.14. The maximum atomic E-state index is 4.20. The summed E-state index contributed by atoms with van der Waals surface area (Å²) in [5.74, 6) is 0. The first-order chi connectivity index (χ1) is 10.1. The molecule has 2 rings (SSSR count). The molecule has 0 fully saturated rings. The van der Waals surface area contributed by atoms with Crippen LogP contribution in [0.3, 0.4) is 0 Å². The van der Waals surface area contributed by atoms with Crippen LogP contribution < -0.4 is 4.65 Å². The van der Waals surface area contributed by atoms with Gasteiger partial charge in [-0.1, -0.05) is 61.7 Å². The molecule has 0 unspecified atom stereocenters. The van der Waals surface area contributed by atoms with Crippen LogP contribution in [0.4, 0.5) is 0 Å². The largest absolute Gasteiger partial charge is 0.356 e. The van der Waals surface area contributed by atoms with Crippen molar-refractivity contribution in [3.05, 3.63) is 83.9 Å². The predicted octanol–water partition coefficient (Wildman–Crippen LogP) is 3.77. The summed E-state index contributed by atoms with van der Waals surface area (Å²) in [6.45, 7) is 12.6. The molecule has 1 nitrogen and oxygen atoms in total. The second-order valence-corrected chi connectivity index (χ2v) is 7.67. The Morgan fingerprint density at radius 2 is 1.14 bits per heavy atom. The third kappa shape index (κ3) is 4.14. The molecule has 0 aromatic heterocycles. The van der Waals surface area contributed by atoms with E-state index in [1.807, 2.05) is 0 Å². The van der Waals surface area contributed by atoms with Crippen LogP contribution in [0.2, 0.25) is 0 Å². The summed E-state index contributed by atoms with van der Waals surface area (Å²) in [7, 11) is 1.04. The van der Waals surface area contributed by atoms with Crippen molar-refractivity contribution >= 4 is 29.8 Å². The van der Waals surface area contributed by atoms with Gasteiger partial charge in [-0.05, 0) is 46.5 Å². The SMILES string of the molecule is C=C([Si]N[Si]C(=C)c1ccccc1C)c1ccccc1C. The average Bonchev–Trinajstić information content (AvgIpc) is 2.48. The summed E-state index contributed by atoms with van der Waals surface area (Å²) in [6.07, 6.45) is 0. The number of rotatable bonds is 6. The predicted molar refractivity (Wildman–Crippen MR) is 95.1 cm³/mol. The summed E-state index contributed by atoms with van der Waals surface area (Å²) < 4.78 is 3.49. The molecule has 1 N–H and O–H groups in total. The molecule has 2 aromatic rings. The molecule has 104 valence electrons. The van der Waals surface area contributed by atoms with Crippen molar-refractivity contribution in [1.82, 2.24) is 4.65 Å². The monoisotopic (exact) mass is 305 g/mol. The van der Waals surface area contributed by atoms with E-state index in [1.165, 1.54) is 22.3 Å². The highest BCUT2D eigenvalue weighted by atomic mass is 28.3. The lowest BCUT2D eigenvalue weighted by atomic mass is 10.1. The zero-order valence-corrected chi connectivity index (χ0v) is 14.5. The molecule has 2 aromatic carbocycles. The summed E-state index contributed by atoms with van der Waals surface area (Å²) in [5, 5.41) is 2.30. The molecule has 0 spiro atoms. The van der Waals surface area contributed by atoms with E-state index < -0.39 is 0 Å². The van der Waals surface area contributed by atoms with Crippen LogP contribution in [0.25, 0.3) is 10.4 Å². The number of hydrogen-bond acceptors (Lipinski definition) is 1. The van der Waals surface area contributed by atoms with Crippen molar-refractivity contribution in [2.75, 3.05) is 0 Å². The Balaban J connectivity index is 1.90. The molecule has 0 saturated heterocycles. The minimum atomic E-state index is 0.521. The molecule has 0 heterocycles. The van der Waals surface area contributed by atoms with E-state index in [-0.39, 0.29) is 0 Å². The highest BCUT2D eigenvalue weighted by molar-refractivity contribution is 6.73. The molecule has 21 heavy (non-hydrogen) atoms. The minimum Gasteiger partial charge on any atom is -0.356 e. The van der Waals surface area contributed by atoms with Gasteiger partial charge in [0, 0.05) is 0 Å². The first-order valence-electron chi connectivity index (χ1n) is 6.86. The van der Waals surface area contributed by atoms with Crippen LogP contribution in [-0.4, -0.2) is 19.4 Å². The van der Waals surface area contributed by atoms with Crippen LogP contribution in [0.15, 0.2) is 61.7 Å². The van der Waals surface area contributed by atoms with Crippen molar-refractivity contribution in [3.63, 3.8) is 0 Å². The van der Waals surface area contributed by atoms with Gasteiger partial charge in [-0.25, -0.2) is 0 Å². The van der Waals surface area contributed by atoms with Gasteiger partial charge in [0.1, 0.15) is 0 Å². The number of benzene rings is 2. The van der Waals surface area contributed by atoms with Crippen molar-refractivity contribution in [3.8, 4) is 0 Å². The molecule has 4 radical (unpaired) electrons. The molecule has 0 saturated carbocycles. The van der Waals surface area contributed by atoms with E-state index in [9.17, 15) is 0 Å². The van der Waals surface area contributed by atoms with Crippen LogP contribution in [0, 0.1) is 13.8 Å². The maximum absolute atomic E-state index is 4.20. The average molecular weight is 306 g/mol. The first-order valence-corrected chi connectivity index (χ1v) is 8.86. The second-order valence-electron chi connectivity index (χ2n) is 4.96. The van der Waals surface area contributed by atoms with E-state index in [0.29, 0.717) is 19.4 Å². The molecule has 0 bridgehead atoms. The van der Waals surface area contributed by atoms with E-state index in [4.69, 9.17) is 0 Å². The van der Waals surface area contributed by atoms with Gasteiger partial charge in [0.2, 0.25) is 0 Å². The zero-order chi connectivity index (χ0) is 15.2. The highest BCUT2D eigenvalue weighted by Crippen LogP contribution is 2.16. The third-order valence-electron chi connectivity index (χ3n) is 3.37. The van der Waals surface area contributed by atoms with Crippen molar-refractivity contribution in [1.29, 1.82) is 0 Å². The molecule has 0 aliphatic rings. The Morgan fingerprint density at radius 1 is 0.762 bits per heavy atom. The topological polar surface area (TPSA) is 12.0 Å². The normalized spacial score (nSPS) is 10.4. The third-order valence-corrected chi connectivity index (χ3v) is 5.51.